The molecule has 2 fully saturated rings. The molecule has 2 nitrogen and oxygen atoms in total. The van der Waals surface area contributed by atoms with Gasteiger partial charge in [0.25, 0.3) is 0 Å². The molecule has 0 saturated carbocycles. The van der Waals surface area contributed by atoms with Gasteiger partial charge in [-0.3, -0.25) is 4.90 Å². The monoisotopic (exact) mass is 183 g/mol. The van der Waals surface area contributed by atoms with Crippen LogP contribution in [0.1, 0.15) is 33.1 Å². The summed E-state index contributed by atoms with van der Waals surface area (Å²) in [6.45, 7) is 8.14. The fraction of sp³-hybridized carbons (Fsp3) is 1.00. The van der Waals surface area contributed by atoms with Gasteiger partial charge in [-0.05, 0) is 32.1 Å². The second-order valence-electron chi connectivity index (χ2n) is 4.78. The van der Waals surface area contributed by atoms with Crippen molar-refractivity contribution in [2.45, 2.75) is 45.3 Å². The summed E-state index contributed by atoms with van der Waals surface area (Å²) in [4.78, 5) is 2.60. The molecular weight excluding hydrogens is 162 g/mol. The lowest BCUT2D eigenvalue weighted by molar-refractivity contribution is 0.0705. The minimum atomic E-state index is 0.535. The maximum atomic E-state index is 5.66. The van der Waals surface area contributed by atoms with Gasteiger partial charge in [0.1, 0.15) is 0 Å². The highest BCUT2D eigenvalue weighted by Crippen LogP contribution is 2.24. The Bertz CT molecular complexity index is 165. The molecule has 0 aromatic carbocycles. The molecule has 2 heteroatoms. The van der Waals surface area contributed by atoms with E-state index in [2.05, 4.69) is 18.7 Å². The minimum absolute atomic E-state index is 0.535. The van der Waals surface area contributed by atoms with Crippen molar-refractivity contribution in [2.75, 3.05) is 19.7 Å². The molecule has 0 radical (unpaired) electrons. The first kappa shape index (κ1) is 9.47. The SMILES string of the molecule is CC1CC(C)N(C[C@H]2CCCO2)C1. The average Bonchev–Trinajstić information content (AvgIpc) is 2.63. The summed E-state index contributed by atoms with van der Waals surface area (Å²) in [6.07, 6.45) is 4.44. The van der Waals surface area contributed by atoms with E-state index >= 15 is 0 Å². The molecule has 0 spiro atoms. The largest absolute Gasteiger partial charge is 0.377 e. The van der Waals surface area contributed by atoms with E-state index in [9.17, 15) is 0 Å². The zero-order chi connectivity index (χ0) is 9.26. The molecule has 2 saturated heterocycles. The highest BCUT2D eigenvalue weighted by atomic mass is 16.5. The van der Waals surface area contributed by atoms with Gasteiger partial charge in [0.15, 0.2) is 0 Å². The zero-order valence-corrected chi connectivity index (χ0v) is 8.83. The van der Waals surface area contributed by atoms with Crippen LogP contribution in [0.5, 0.6) is 0 Å². The lowest BCUT2D eigenvalue weighted by Gasteiger charge is -2.24. The number of rotatable bonds is 2. The summed E-state index contributed by atoms with van der Waals surface area (Å²) in [5.74, 6) is 0.886. The van der Waals surface area contributed by atoms with E-state index in [-0.39, 0.29) is 0 Å². The Morgan fingerprint density at radius 2 is 2.23 bits per heavy atom. The van der Waals surface area contributed by atoms with Crippen LogP contribution in [-0.4, -0.2) is 36.7 Å². The Balaban J connectivity index is 1.80. The fourth-order valence-electron chi connectivity index (χ4n) is 2.69. The Hall–Kier alpha value is -0.0800. The Labute approximate surface area is 81.3 Å². The molecule has 0 N–H and O–H groups in total. The van der Waals surface area contributed by atoms with Crippen LogP contribution in [0, 0.1) is 5.92 Å². The van der Waals surface area contributed by atoms with Gasteiger partial charge in [-0.25, -0.2) is 0 Å². The van der Waals surface area contributed by atoms with Crippen molar-refractivity contribution in [1.82, 2.24) is 4.90 Å². The van der Waals surface area contributed by atoms with Crippen molar-refractivity contribution >= 4 is 0 Å². The van der Waals surface area contributed by atoms with Gasteiger partial charge in [0, 0.05) is 25.7 Å². The summed E-state index contributed by atoms with van der Waals surface area (Å²) in [7, 11) is 0. The molecule has 2 aliphatic heterocycles. The number of ether oxygens (including phenoxy) is 1. The van der Waals surface area contributed by atoms with E-state index in [0.29, 0.717) is 6.10 Å². The maximum Gasteiger partial charge on any atom is 0.0702 e. The first-order valence-electron chi connectivity index (χ1n) is 5.61. The number of hydrogen-bond acceptors (Lipinski definition) is 2. The van der Waals surface area contributed by atoms with Gasteiger partial charge in [-0.1, -0.05) is 6.92 Å². The van der Waals surface area contributed by atoms with Crippen LogP contribution in [0.3, 0.4) is 0 Å². The van der Waals surface area contributed by atoms with Gasteiger partial charge in [0.05, 0.1) is 6.10 Å². The standard InChI is InChI=1S/C11H21NO/c1-9-6-10(2)12(7-9)8-11-4-3-5-13-11/h9-11H,3-8H2,1-2H3/t9?,10?,11-/m1/s1. The third-order valence-corrected chi connectivity index (χ3v) is 3.38. The van der Waals surface area contributed by atoms with Crippen LogP contribution >= 0.6 is 0 Å². The van der Waals surface area contributed by atoms with Crippen LogP contribution in [0.4, 0.5) is 0 Å². The fourth-order valence-corrected chi connectivity index (χ4v) is 2.69. The van der Waals surface area contributed by atoms with Crippen molar-refractivity contribution in [3.63, 3.8) is 0 Å². The summed E-state index contributed by atoms with van der Waals surface area (Å²) < 4.78 is 5.66. The first-order chi connectivity index (χ1) is 6.25. The van der Waals surface area contributed by atoms with E-state index in [1.807, 2.05) is 0 Å². The summed E-state index contributed by atoms with van der Waals surface area (Å²) in [6, 6.07) is 0.777. The smallest absolute Gasteiger partial charge is 0.0702 e. The topological polar surface area (TPSA) is 12.5 Å². The molecule has 2 unspecified atom stereocenters. The van der Waals surface area contributed by atoms with E-state index in [1.54, 1.807) is 0 Å². The summed E-state index contributed by atoms with van der Waals surface area (Å²) in [5.41, 5.74) is 0. The van der Waals surface area contributed by atoms with Crippen LogP contribution < -0.4 is 0 Å². The van der Waals surface area contributed by atoms with Crippen LogP contribution in [0.2, 0.25) is 0 Å². The molecule has 0 amide bonds. The first-order valence-corrected chi connectivity index (χ1v) is 5.61. The molecule has 3 atom stereocenters. The van der Waals surface area contributed by atoms with E-state index < -0.39 is 0 Å². The van der Waals surface area contributed by atoms with Crippen molar-refractivity contribution in [3.8, 4) is 0 Å². The predicted octanol–water partition coefficient (Wildman–Crippen LogP) is 1.90. The van der Waals surface area contributed by atoms with Gasteiger partial charge >= 0.3 is 0 Å². The molecule has 76 valence electrons. The predicted molar refractivity (Wildman–Crippen MR) is 53.8 cm³/mol. The normalized spacial score (nSPS) is 41.5. The highest BCUT2D eigenvalue weighted by Gasteiger charge is 2.29. The van der Waals surface area contributed by atoms with Crippen molar-refractivity contribution in [3.05, 3.63) is 0 Å². The zero-order valence-electron chi connectivity index (χ0n) is 8.83. The van der Waals surface area contributed by atoms with Gasteiger partial charge < -0.3 is 4.74 Å². The highest BCUT2D eigenvalue weighted by molar-refractivity contribution is 4.82. The molecule has 13 heavy (non-hydrogen) atoms. The van der Waals surface area contributed by atoms with Crippen molar-refractivity contribution in [1.29, 1.82) is 0 Å². The Morgan fingerprint density at radius 1 is 1.38 bits per heavy atom. The lowest BCUT2D eigenvalue weighted by Crippen LogP contribution is -2.34. The number of nitrogens with zero attached hydrogens (tertiary/aromatic N) is 1. The van der Waals surface area contributed by atoms with Gasteiger partial charge in [-0.15, -0.1) is 0 Å². The summed E-state index contributed by atoms with van der Waals surface area (Å²) in [5, 5.41) is 0. The maximum absolute atomic E-state index is 5.66. The molecular formula is C11H21NO. The van der Waals surface area contributed by atoms with Crippen molar-refractivity contribution < 1.29 is 4.74 Å². The minimum Gasteiger partial charge on any atom is -0.377 e. The third kappa shape index (κ3) is 2.23. The molecule has 0 aromatic rings. The number of hydrogen-bond donors (Lipinski definition) is 0. The van der Waals surface area contributed by atoms with Crippen LogP contribution in [0.25, 0.3) is 0 Å². The average molecular weight is 183 g/mol. The molecule has 0 bridgehead atoms. The lowest BCUT2D eigenvalue weighted by atomic mass is 10.1. The molecule has 0 aromatic heterocycles. The molecule has 0 aliphatic carbocycles. The third-order valence-electron chi connectivity index (χ3n) is 3.38. The van der Waals surface area contributed by atoms with E-state index in [0.717, 1.165) is 18.6 Å². The quantitative estimate of drug-likeness (QED) is 0.648. The second kappa shape index (κ2) is 3.97. The van der Waals surface area contributed by atoms with Gasteiger partial charge in [0.2, 0.25) is 0 Å². The Morgan fingerprint density at radius 3 is 2.77 bits per heavy atom. The molecule has 2 heterocycles. The molecule has 2 aliphatic rings. The van der Waals surface area contributed by atoms with Crippen molar-refractivity contribution in [2.24, 2.45) is 5.92 Å². The second-order valence-corrected chi connectivity index (χ2v) is 4.78. The van der Waals surface area contributed by atoms with Crippen LogP contribution in [0.15, 0.2) is 0 Å². The number of likely N-dealkylation sites (tertiary alicyclic amines) is 1. The summed E-state index contributed by atoms with van der Waals surface area (Å²) >= 11 is 0. The van der Waals surface area contributed by atoms with E-state index in [4.69, 9.17) is 4.74 Å². The molecule has 2 rings (SSSR count). The van der Waals surface area contributed by atoms with Gasteiger partial charge in [-0.2, -0.15) is 0 Å². The Kier molecular flexibility index (Phi) is 2.89. The van der Waals surface area contributed by atoms with E-state index in [1.165, 1.54) is 32.4 Å². The van der Waals surface area contributed by atoms with Crippen LogP contribution in [-0.2, 0) is 4.74 Å².